The number of alkyl halides is 1. The van der Waals surface area contributed by atoms with Gasteiger partial charge in [-0.3, -0.25) is 9.88 Å². The first-order chi connectivity index (χ1) is 10.3. The van der Waals surface area contributed by atoms with Crippen LogP contribution < -0.4 is 4.90 Å². The van der Waals surface area contributed by atoms with Crippen LogP contribution in [-0.4, -0.2) is 47.9 Å². The summed E-state index contributed by atoms with van der Waals surface area (Å²) in [5.41, 5.74) is 2.25. The minimum absolute atomic E-state index is 0.742. The maximum atomic E-state index is 6.06. The highest BCUT2D eigenvalue weighted by Crippen LogP contribution is 2.28. The van der Waals surface area contributed by atoms with Crippen LogP contribution in [0, 0.1) is 0 Å². The Labute approximate surface area is 139 Å². The first-order valence-corrected chi connectivity index (χ1v) is 8.85. The average Bonchev–Trinajstić information content (AvgIpc) is 2.52. The minimum Gasteiger partial charge on any atom is -0.368 e. The van der Waals surface area contributed by atoms with E-state index in [1.807, 2.05) is 18.3 Å². The van der Waals surface area contributed by atoms with Crippen molar-refractivity contribution in [3.05, 3.63) is 35.5 Å². The molecule has 1 aliphatic rings. The van der Waals surface area contributed by atoms with Gasteiger partial charge in [-0.25, -0.2) is 0 Å². The van der Waals surface area contributed by atoms with Crippen LogP contribution >= 0.6 is 27.5 Å². The summed E-state index contributed by atoms with van der Waals surface area (Å²) in [6.45, 7) is 5.59. The molecule has 2 aromatic rings. The van der Waals surface area contributed by atoms with E-state index in [1.165, 1.54) is 24.0 Å². The number of fused-ring (bicyclic) bond motifs is 1. The number of benzene rings is 1. The fourth-order valence-electron chi connectivity index (χ4n) is 2.88. The van der Waals surface area contributed by atoms with Crippen molar-refractivity contribution < 1.29 is 0 Å². The Bertz CT molecular complexity index is 611. The topological polar surface area (TPSA) is 19.4 Å². The molecule has 1 aliphatic heterocycles. The number of piperazine rings is 1. The van der Waals surface area contributed by atoms with E-state index in [0.717, 1.165) is 42.0 Å². The van der Waals surface area contributed by atoms with E-state index >= 15 is 0 Å². The Hall–Kier alpha value is -0.840. The van der Waals surface area contributed by atoms with Gasteiger partial charge in [0, 0.05) is 53.8 Å². The Morgan fingerprint density at radius 2 is 1.95 bits per heavy atom. The molecule has 112 valence electrons. The second-order valence-electron chi connectivity index (χ2n) is 5.36. The maximum absolute atomic E-state index is 6.06. The lowest BCUT2D eigenvalue weighted by atomic mass is 10.1. The Kier molecular flexibility index (Phi) is 4.99. The lowest BCUT2D eigenvalue weighted by molar-refractivity contribution is 0.259. The normalized spacial score (nSPS) is 16.6. The average molecular weight is 369 g/mol. The Balaban J connectivity index is 1.76. The van der Waals surface area contributed by atoms with Gasteiger partial charge in [-0.05, 0) is 37.2 Å². The number of pyridine rings is 1. The van der Waals surface area contributed by atoms with E-state index < -0.39 is 0 Å². The summed E-state index contributed by atoms with van der Waals surface area (Å²) in [7, 11) is 0. The molecule has 5 heteroatoms. The van der Waals surface area contributed by atoms with Crippen molar-refractivity contribution in [1.29, 1.82) is 0 Å². The second-order valence-corrected chi connectivity index (χ2v) is 6.59. The van der Waals surface area contributed by atoms with Crippen molar-refractivity contribution in [2.45, 2.75) is 6.42 Å². The summed E-state index contributed by atoms with van der Waals surface area (Å²) in [4.78, 5) is 9.43. The maximum Gasteiger partial charge on any atom is 0.0737 e. The summed E-state index contributed by atoms with van der Waals surface area (Å²) in [6, 6.07) is 8.08. The predicted molar refractivity (Wildman–Crippen MR) is 93.8 cm³/mol. The molecule has 0 unspecified atom stereocenters. The monoisotopic (exact) mass is 367 g/mol. The van der Waals surface area contributed by atoms with Gasteiger partial charge in [-0.1, -0.05) is 27.5 Å². The van der Waals surface area contributed by atoms with E-state index in [1.54, 1.807) is 0 Å². The van der Waals surface area contributed by atoms with Crippen LogP contribution in [-0.2, 0) is 0 Å². The fourth-order valence-corrected chi connectivity index (χ4v) is 3.29. The van der Waals surface area contributed by atoms with Crippen molar-refractivity contribution in [3.63, 3.8) is 0 Å². The van der Waals surface area contributed by atoms with Crippen LogP contribution in [0.3, 0.4) is 0 Å². The van der Waals surface area contributed by atoms with Gasteiger partial charge in [-0.15, -0.1) is 0 Å². The molecule has 2 heterocycles. The molecule has 3 rings (SSSR count). The number of aromatic nitrogens is 1. The zero-order chi connectivity index (χ0) is 14.7. The van der Waals surface area contributed by atoms with E-state index in [2.05, 4.69) is 42.8 Å². The molecule has 0 atom stereocenters. The molecule has 0 bridgehead atoms. The quantitative estimate of drug-likeness (QED) is 0.765. The van der Waals surface area contributed by atoms with Crippen LogP contribution in [0.2, 0.25) is 5.02 Å². The first kappa shape index (κ1) is 15.1. The van der Waals surface area contributed by atoms with Gasteiger partial charge in [-0.2, -0.15) is 0 Å². The third-order valence-corrected chi connectivity index (χ3v) is 4.80. The van der Waals surface area contributed by atoms with Gasteiger partial charge in [0.25, 0.3) is 0 Å². The Morgan fingerprint density at radius 1 is 1.14 bits per heavy atom. The molecular formula is C16H19BrClN3. The van der Waals surface area contributed by atoms with Crippen LogP contribution in [0.25, 0.3) is 10.9 Å². The highest BCUT2D eigenvalue weighted by molar-refractivity contribution is 9.09. The second kappa shape index (κ2) is 6.95. The highest BCUT2D eigenvalue weighted by Gasteiger charge is 2.18. The smallest absolute Gasteiger partial charge is 0.0737 e. The molecule has 1 fully saturated rings. The molecule has 0 spiro atoms. The van der Waals surface area contributed by atoms with Crippen LogP contribution in [0.5, 0.6) is 0 Å². The highest BCUT2D eigenvalue weighted by atomic mass is 79.9. The van der Waals surface area contributed by atoms with Crippen molar-refractivity contribution in [2.24, 2.45) is 0 Å². The molecule has 0 amide bonds. The number of rotatable bonds is 4. The molecule has 1 saturated heterocycles. The van der Waals surface area contributed by atoms with Crippen molar-refractivity contribution >= 4 is 44.1 Å². The zero-order valence-corrected chi connectivity index (χ0v) is 14.3. The summed E-state index contributed by atoms with van der Waals surface area (Å²) >= 11 is 9.56. The van der Waals surface area contributed by atoms with Crippen LogP contribution in [0.4, 0.5) is 5.69 Å². The van der Waals surface area contributed by atoms with E-state index in [-0.39, 0.29) is 0 Å². The van der Waals surface area contributed by atoms with Crippen molar-refractivity contribution in [3.8, 4) is 0 Å². The summed E-state index contributed by atoms with van der Waals surface area (Å²) in [5, 5.41) is 3.02. The zero-order valence-electron chi connectivity index (χ0n) is 11.9. The molecule has 1 aromatic heterocycles. The standard InChI is InChI=1S/C16H19BrClN3/c17-5-1-7-20-8-10-21(11-9-20)16-4-6-19-15-12-13(18)2-3-14(15)16/h2-4,6,12H,1,5,7-11H2. The van der Waals surface area contributed by atoms with Crippen molar-refractivity contribution in [1.82, 2.24) is 9.88 Å². The summed E-state index contributed by atoms with van der Waals surface area (Å²) < 4.78 is 0. The van der Waals surface area contributed by atoms with Gasteiger partial charge < -0.3 is 4.90 Å². The molecule has 0 aliphatic carbocycles. The van der Waals surface area contributed by atoms with Gasteiger partial charge in [0.1, 0.15) is 0 Å². The van der Waals surface area contributed by atoms with E-state index in [4.69, 9.17) is 11.6 Å². The van der Waals surface area contributed by atoms with Gasteiger partial charge >= 0.3 is 0 Å². The number of hydrogen-bond acceptors (Lipinski definition) is 3. The number of nitrogens with zero attached hydrogens (tertiary/aromatic N) is 3. The molecular weight excluding hydrogens is 350 g/mol. The number of hydrogen-bond donors (Lipinski definition) is 0. The lowest BCUT2D eigenvalue weighted by Crippen LogP contribution is -2.46. The molecule has 0 radical (unpaired) electrons. The summed E-state index contributed by atoms with van der Waals surface area (Å²) in [6.07, 6.45) is 3.10. The van der Waals surface area contributed by atoms with E-state index in [0.29, 0.717) is 0 Å². The third-order valence-electron chi connectivity index (χ3n) is 4.00. The summed E-state index contributed by atoms with van der Waals surface area (Å²) in [5.74, 6) is 0. The largest absolute Gasteiger partial charge is 0.368 e. The first-order valence-electron chi connectivity index (χ1n) is 7.35. The molecule has 0 N–H and O–H groups in total. The predicted octanol–water partition coefficient (Wildman–Crippen LogP) is 3.80. The molecule has 21 heavy (non-hydrogen) atoms. The SMILES string of the molecule is Clc1ccc2c(N3CCN(CCCBr)CC3)ccnc2c1. The number of halogens is 2. The molecule has 1 aromatic carbocycles. The fraction of sp³-hybridized carbons (Fsp3) is 0.438. The van der Waals surface area contributed by atoms with Gasteiger partial charge in [0.2, 0.25) is 0 Å². The van der Waals surface area contributed by atoms with Crippen LogP contribution in [0.15, 0.2) is 30.5 Å². The van der Waals surface area contributed by atoms with E-state index in [9.17, 15) is 0 Å². The van der Waals surface area contributed by atoms with Gasteiger partial charge in [0.15, 0.2) is 0 Å². The minimum atomic E-state index is 0.742. The van der Waals surface area contributed by atoms with Crippen molar-refractivity contribution in [2.75, 3.05) is 43.0 Å². The van der Waals surface area contributed by atoms with Gasteiger partial charge in [0.05, 0.1) is 5.52 Å². The lowest BCUT2D eigenvalue weighted by Gasteiger charge is -2.36. The molecule has 0 saturated carbocycles. The molecule has 3 nitrogen and oxygen atoms in total. The number of anilines is 1. The Morgan fingerprint density at radius 3 is 2.71 bits per heavy atom. The third kappa shape index (κ3) is 3.50. The van der Waals surface area contributed by atoms with Crippen LogP contribution in [0.1, 0.15) is 6.42 Å².